The average molecular weight is 222 g/mol. The zero-order chi connectivity index (χ0) is 9.14. The van der Waals surface area contributed by atoms with E-state index in [-0.39, 0.29) is 0 Å². The van der Waals surface area contributed by atoms with Crippen LogP contribution in [-0.4, -0.2) is 0 Å². The summed E-state index contributed by atoms with van der Waals surface area (Å²) in [6.07, 6.45) is 3.77. The van der Waals surface area contributed by atoms with E-state index in [2.05, 4.69) is 0 Å². The topological polar surface area (TPSA) is 0 Å². The van der Waals surface area contributed by atoms with Crippen LogP contribution in [0.25, 0.3) is 6.08 Å². The fraction of sp³-hybridized carbons (Fsp3) is 0.111. The van der Waals surface area contributed by atoms with Gasteiger partial charge in [-0.05, 0) is 18.6 Å². The Morgan fingerprint density at radius 2 is 1.75 bits per heavy atom. The maximum Gasteiger partial charge on any atom is 0.0784 e. The third kappa shape index (κ3) is 1.95. The minimum atomic E-state index is 0.411. The van der Waals surface area contributed by atoms with Gasteiger partial charge in [-0.2, -0.15) is 0 Å². The van der Waals surface area contributed by atoms with Crippen LogP contribution in [0.5, 0.6) is 0 Å². The Morgan fingerprint density at radius 3 is 2.33 bits per heavy atom. The van der Waals surface area contributed by atoms with Crippen LogP contribution < -0.4 is 0 Å². The zero-order valence-electron chi connectivity index (χ0n) is 6.44. The van der Waals surface area contributed by atoms with Crippen molar-refractivity contribution in [2.75, 3.05) is 0 Å². The second-order valence-corrected chi connectivity index (χ2v) is 3.43. The lowest BCUT2D eigenvalue weighted by atomic mass is 10.2. The molecule has 0 N–H and O–H groups in total. The average Bonchev–Trinajstić information content (AvgIpc) is 2.07. The van der Waals surface area contributed by atoms with Crippen molar-refractivity contribution in [2.24, 2.45) is 0 Å². The summed E-state index contributed by atoms with van der Waals surface area (Å²) in [7, 11) is 0. The first-order chi connectivity index (χ1) is 5.66. The van der Waals surface area contributed by atoms with E-state index in [1.165, 1.54) is 0 Å². The van der Waals surface area contributed by atoms with Crippen LogP contribution in [-0.2, 0) is 0 Å². The third-order valence-corrected chi connectivity index (χ3v) is 2.72. The molecule has 0 spiro atoms. The first-order valence-electron chi connectivity index (χ1n) is 3.43. The summed E-state index contributed by atoms with van der Waals surface area (Å²) in [6.45, 7) is 1.92. The molecule has 0 amide bonds. The second-order valence-electron chi connectivity index (χ2n) is 2.26. The summed E-state index contributed by atoms with van der Waals surface area (Å²) in [6, 6.07) is 3.56. The molecule has 0 heterocycles. The fourth-order valence-corrected chi connectivity index (χ4v) is 1.45. The molecule has 0 aliphatic heterocycles. The van der Waals surface area contributed by atoms with Crippen molar-refractivity contribution in [3.8, 4) is 0 Å². The summed E-state index contributed by atoms with van der Waals surface area (Å²) in [5, 5.41) is 1.39. The molecule has 0 aliphatic carbocycles. The highest BCUT2D eigenvalue weighted by molar-refractivity contribution is 6.48. The van der Waals surface area contributed by atoms with Crippen LogP contribution in [0.2, 0.25) is 15.1 Å². The molecule has 0 aromatic heterocycles. The monoisotopic (exact) mass is 220 g/mol. The van der Waals surface area contributed by atoms with Gasteiger partial charge in [-0.15, -0.1) is 0 Å². The third-order valence-electron chi connectivity index (χ3n) is 1.41. The molecule has 0 fully saturated rings. The minimum absolute atomic E-state index is 0.411. The van der Waals surface area contributed by atoms with Gasteiger partial charge in [0.2, 0.25) is 0 Å². The summed E-state index contributed by atoms with van der Waals surface area (Å²) < 4.78 is 0. The molecule has 0 bridgehead atoms. The van der Waals surface area contributed by atoms with Crippen LogP contribution in [0.1, 0.15) is 12.5 Å². The van der Waals surface area contributed by atoms with Crippen molar-refractivity contribution in [1.82, 2.24) is 0 Å². The lowest BCUT2D eigenvalue weighted by Crippen LogP contribution is -1.77. The lowest BCUT2D eigenvalue weighted by molar-refractivity contribution is 1.64. The van der Waals surface area contributed by atoms with Crippen molar-refractivity contribution in [1.29, 1.82) is 0 Å². The number of rotatable bonds is 1. The van der Waals surface area contributed by atoms with Crippen LogP contribution >= 0.6 is 34.8 Å². The Morgan fingerprint density at radius 1 is 1.08 bits per heavy atom. The summed E-state index contributed by atoms with van der Waals surface area (Å²) in [4.78, 5) is 0. The highest BCUT2D eigenvalue weighted by atomic mass is 35.5. The van der Waals surface area contributed by atoms with Crippen molar-refractivity contribution in [3.05, 3.63) is 38.8 Å². The molecular formula is C9H7Cl3. The molecule has 64 valence electrons. The SMILES string of the molecule is C/C=C/c1ccc(Cl)c(Cl)c1Cl. The summed E-state index contributed by atoms with van der Waals surface area (Å²) in [5.41, 5.74) is 0.883. The number of hydrogen-bond donors (Lipinski definition) is 0. The van der Waals surface area contributed by atoms with Gasteiger partial charge in [0.05, 0.1) is 15.1 Å². The highest BCUT2D eigenvalue weighted by Crippen LogP contribution is 2.33. The molecule has 0 atom stereocenters. The Labute approximate surface area is 86.7 Å². The van der Waals surface area contributed by atoms with Gasteiger partial charge in [0.25, 0.3) is 0 Å². The van der Waals surface area contributed by atoms with E-state index >= 15 is 0 Å². The van der Waals surface area contributed by atoms with Gasteiger partial charge in [-0.1, -0.05) is 53.0 Å². The molecule has 0 unspecified atom stereocenters. The summed E-state index contributed by atoms with van der Waals surface area (Å²) in [5.74, 6) is 0. The first kappa shape index (κ1) is 9.91. The van der Waals surface area contributed by atoms with Crippen LogP contribution in [0, 0.1) is 0 Å². The van der Waals surface area contributed by atoms with Gasteiger partial charge in [-0.25, -0.2) is 0 Å². The van der Waals surface area contributed by atoms with Gasteiger partial charge in [0.15, 0.2) is 0 Å². The quantitative estimate of drug-likeness (QED) is 0.604. The molecule has 3 heteroatoms. The highest BCUT2D eigenvalue weighted by Gasteiger charge is 2.05. The Hall–Kier alpha value is -0.170. The lowest BCUT2D eigenvalue weighted by Gasteiger charge is -2.01. The van der Waals surface area contributed by atoms with E-state index in [0.29, 0.717) is 15.1 Å². The summed E-state index contributed by atoms with van der Waals surface area (Å²) >= 11 is 17.5. The molecule has 1 aromatic carbocycles. The zero-order valence-corrected chi connectivity index (χ0v) is 8.71. The Kier molecular flexibility index (Phi) is 3.45. The largest absolute Gasteiger partial charge is 0.0870 e. The standard InChI is InChI=1S/C9H7Cl3/c1-2-3-6-4-5-7(10)9(12)8(6)11/h2-5H,1H3/b3-2+. The molecular weight excluding hydrogens is 214 g/mol. The normalized spacial score (nSPS) is 11.0. The van der Waals surface area contributed by atoms with E-state index in [4.69, 9.17) is 34.8 Å². The van der Waals surface area contributed by atoms with Crippen molar-refractivity contribution >= 4 is 40.9 Å². The predicted octanol–water partition coefficient (Wildman–Crippen LogP) is 4.68. The van der Waals surface area contributed by atoms with Gasteiger partial charge in [-0.3, -0.25) is 0 Å². The molecule has 12 heavy (non-hydrogen) atoms. The van der Waals surface area contributed by atoms with E-state index in [1.807, 2.05) is 25.1 Å². The van der Waals surface area contributed by atoms with Crippen LogP contribution in [0.4, 0.5) is 0 Å². The maximum atomic E-state index is 5.91. The second kappa shape index (κ2) is 4.18. The van der Waals surface area contributed by atoms with Crippen molar-refractivity contribution in [2.45, 2.75) is 6.92 Å². The van der Waals surface area contributed by atoms with Gasteiger partial charge in [0.1, 0.15) is 0 Å². The van der Waals surface area contributed by atoms with Crippen molar-refractivity contribution < 1.29 is 0 Å². The molecule has 0 radical (unpaired) electrons. The van der Waals surface area contributed by atoms with Gasteiger partial charge in [0, 0.05) is 0 Å². The molecule has 0 saturated heterocycles. The van der Waals surface area contributed by atoms with E-state index in [0.717, 1.165) is 5.56 Å². The number of halogens is 3. The molecule has 1 aromatic rings. The Bertz CT molecular complexity index is 316. The number of allylic oxidation sites excluding steroid dienone is 1. The molecule has 0 nitrogen and oxygen atoms in total. The van der Waals surface area contributed by atoms with Gasteiger partial charge >= 0.3 is 0 Å². The fourth-order valence-electron chi connectivity index (χ4n) is 0.849. The minimum Gasteiger partial charge on any atom is -0.0870 e. The smallest absolute Gasteiger partial charge is 0.0784 e. The number of hydrogen-bond acceptors (Lipinski definition) is 0. The van der Waals surface area contributed by atoms with Crippen LogP contribution in [0.15, 0.2) is 18.2 Å². The van der Waals surface area contributed by atoms with E-state index in [9.17, 15) is 0 Å². The molecule has 1 rings (SSSR count). The maximum absolute atomic E-state index is 5.91. The first-order valence-corrected chi connectivity index (χ1v) is 4.56. The molecule has 0 saturated carbocycles. The van der Waals surface area contributed by atoms with Crippen molar-refractivity contribution in [3.63, 3.8) is 0 Å². The van der Waals surface area contributed by atoms with Gasteiger partial charge < -0.3 is 0 Å². The predicted molar refractivity (Wildman–Crippen MR) is 56.2 cm³/mol. The molecule has 0 aliphatic rings. The van der Waals surface area contributed by atoms with E-state index < -0.39 is 0 Å². The Balaban J connectivity index is 3.26. The van der Waals surface area contributed by atoms with Crippen LogP contribution in [0.3, 0.4) is 0 Å². The van der Waals surface area contributed by atoms with E-state index in [1.54, 1.807) is 6.07 Å². The number of benzene rings is 1.